The third-order valence-corrected chi connectivity index (χ3v) is 11.3. The van der Waals surface area contributed by atoms with Crippen LogP contribution in [0.2, 0.25) is 0 Å². The summed E-state index contributed by atoms with van der Waals surface area (Å²) in [7, 11) is 1.11. The first-order chi connectivity index (χ1) is 25.7. The Kier molecular flexibility index (Phi) is 27.9. The van der Waals surface area contributed by atoms with Crippen molar-refractivity contribution >= 4 is 19.5 Å². The third kappa shape index (κ3) is 25.7. The van der Waals surface area contributed by atoms with Gasteiger partial charge in [0.1, 0.15) is 18.9 Å². The van der Waals surface area contributed by atoms with Crippen LogP contribution in [-0.2, 0) is 23.2 Å². The van der Waals surface area contributed by atoms with E-state index in [1.807, 2.05) is 27.2 Å². The van der Waals surface area contributed by atoms with Crippen LogP contribution in [0.5, 0.6) is 0 Å². The van der Waals surface area contributed by atoms with Gasteiger partial charge < -0.3 is 39.1 Å². The lowest BCUT2D eigenvalue weighted by Gasteiger charge is -2.29. The van der Waals surface area contributed by atoms with Crippen molar-refractivity contribution in [3.8, 4) is 0 Å². The van der Waals surface area contributed by atoms with E-state index in [2.05, 4.69) is 19.2 Å². The summed E-state index contributed by atoms with van der Waals surface area (Å²) in [5.74, 6) is -0.848. The molecule has 0 heterocycles. The van der Waals surface area contributed by atoms with Gasteiger partial charge >= 0.3 is 0 Å². The Labute approximate surface area is 328 Å². The molecule has 1 unspecified atom stereocenters. The molecular weight excluding hydrogens is 707 g/mol. The van der Waals surface area contributed by atoms with Gasteiger partial charge in [-0.15, -0.1) is 0 Å². The Morgan fingerprint density at radius 2 is 1.48 bits per heavy atom. The first kappa shape index (κ1) is 50.6. The van der Waals surface area contributed by atoms with E-state index in [9.17, 15) is 34.4 Å². The summed E-state index contributed by atoms with van der Waals surface area (Å²) >= 11 is 0. The molecule has 4 N–H and O–H groups in total. The maximum Gasteiger partial charge on any atom is 0.268 e. The van der Waals surface area contributed by atoms with Crippen LogP contribution in [0.15, 0.2) is 24.3 Å². The highest BCUT2D eigenvalue weighted by Gasteiger charge is 2.39. The van der Waals surface area contributed by atoms with E-state index >= 15 is 0 Å². The van der Waals surface area contributed by atoms with Crippen molar-refractivity contribution in [2.75, 3.05) is 40.9 Å². The molecule has 1 aliphatic carbocycles. The number of likely N-dealkylation sites (N-methyl/N-ethyl adjacent to an activating group) is 1. The predicted molar refractivity (Wildman–Crippen MR) is 216 cm³/mol. The highest BCUT2D eigenvalue weighted by Crippen LogP contribution is 2.38. The van der Waals surface area contributed by atoms with Gasteiger partial charge in [0.2, 0.25) is 5.91 Å². The minimum atomic E-state index is -4.65. The summed E-state index contributed by atoms with van der Waals surface area (Å²) in [6, 6.07) is -0.970. The summed E-state index contributed by atoms with van der Waals surface area (Å²) in [4.78, 5) is 37.9. The molecule has 0 saturated heterocycles. The second-order valence-electron chi connectivity index (χ2n) is 16.5. The maximum absolute atomic E-state index is 12.9. The van der Waals surface area contributed by atoms with Crippen molar-refractivity contribution in [3.63, 3.8) is 0 Å². The van der Waals surface area contributed by atoms with Gasteiger partial charge in [0.15, 0.2) is 0 Å². The number of quaternary nitrogens is 1. The van der Waals surface area contributed by atoms with E-state index in [4.69, 9.17) is 9.05 Å². The van der Waals surface area contributed by atoms with Crippen LogP contribution in [0.1, 0.15) is 155 Å². The second kappa shape index (κ2) is 29.8. The summed E-state index contributed by atoms with van der Waals surface area (Å²) < 4.78 is 23.1. The molecule has 316 valence electrons. The van der Waals surface area contributed by atoms with Gasteiger partial charge in [0.05, 0.1) is 52.1 Å². The van der Waals surface area contributed by atoms with E-state index < -0.39 is 38.8 Å². The zero-order chi connectivity index (χ0) is 40.2. The molecule has 54 heavy (non-hydrogen) atoms. The molecule has 1 saturated carbocycles. The molecule has 0 bridgehead atoms. The van der Waals surface area contributed by atoms with Gasteiger partial charge in [0, 0.05) is 18.8 Å². The number of ketones is 1. The number of nitrogens with one attached hydrogen (secondary N) is 1. The minimum Gasteiger partial charge on any atom is -0.756 e. The predicted octanol–water partition coefficient (Wildman–Crippen LogP) is 7.31. The number of aliphatic hydroxyl groups is 3. The van der Waals surface area contributed by atoms with E-state index in [0.717, 1.165) is 57.8 Å². The third-order valence-electron chi connectivity index (χ3n) is 10.3. The lowest BCUT2D eigenvalue weighted by atomic mass is 9.88. The molecule has 1 amide bonds. The molecule has 0 aliphatic heterocycles. The number of phosphoric ester groups is 1. The fourth-order valence-electron chi connectivity index (χ4n) is 6.82. The number of unbranched alkanes of at least 4 members (excludes halogenated alkanes) is 15. The van der Waals surface area contributed by atoms with Crippen molar-refractivity contribution in [2.24, 2.45) is 11.8 Å². The molecule has 12 heteroatoms. The summed E-state index contributed by atoms with van der Waals surface area (Å²) in [6.07, 6.45) is 25.5. The number of carbonyl (C=O) groups excluding carboxylic acids is 2. The van der Waals surface area contributed by atoms with Crippen molar-refractivity contribution in [2.45, 2.75) is 179 Å². The second-order valence-corrected chi connectivity index (χ2v) is 17.9. The molecule has 0 aromatic rings. The monoisotopic (exact) mass is 787 g/mol. The Balaban J connectivity index is 2.57. The van der Waals surface area contributed by atoms with Crippen LogP contribution in [0.4, 0.5) is 0 Å². The molecule has 0 radical (unpaired) electrons. The molecular formula is C42H79N2O9P. The first-order valence-electron chi connectivity index (χ1n) is 21.3. The number of rotatable bonds is 34. The molecule has 1 fully saturated rings. The maximum atomic E-state index is 12.9. The van der Waals surface area contributed by atoms with Gasteiger partial charge in [-0.3, -0.25) is 14.2 Å². The summed E-state index contributed by atoms with van der Waals surface area (Å²) in [5, 5.41) is 34.5. The standard InChI is InChI=1S/C42H79N2O9P/c1-6-8-10-11-12-13-14-15-16-17-18-23-27-39(46)38(34-53-54(50,51)52-32-31-44(3,4)5)43-42(49)28-24-20-19-22-26-36-37(41(48)33-40(36)47)30-29-35(45)25-21-9-7-2/h23,27,29-30,35-40,45-47H,6-22,24-26,28,31-34H2,1-5H3,(H-,43,49,50,51)/b27-23+,30-29+/t35-,36+,37+,38-,39+,40-/m0/s1. The van der Waals surface area contributed by atoms with Gasteiger partial charge in [-0.05, 0) is 38.0 Å². The highest BCUT2D eigenvalue weighted by atomic mass is 31.2. The quantitative estimate of drug-likeness (QED) is 0.0227. The number of phosphoric acid groups is 1. The zero-order valence-corrected chi connectivity index (χ0v) is 35.5. The highest BCUT2D eigenvalue weighted by molar-refractivity contribution is 7.45. The minimum absolute atomic E-state index is 0.0135. The van der Waals surface area contributed by atoms with Crippen molar-refractivity contribution in [3.05, 3.63) is 24.3 Å². The number of amides is 1. The van der Waals surface area contributed by atoms with Gasteiger partial charge in [-0.2, -0.15) is 0 Å². The molecule has 0 aromatic carbocycles. The average Bonchev–Trinajstić information content (AvgIpc) is 3.37. The van der Waals surface area contributed by atoms with Gasteiger partial charge in [0.25, 0.3) is 7.82 Å². The SMILES string of the molecule is CCCCCCCCCCCC/C=C/[C@@H](O)[C@H](COP(=O)([O-])OCC[N+](C)(C)C)NC(=O)CCCCCC[C@H]1[C@@H](O)CC(=O)[C@@H]1/C=C/[C@@H](O)CCCCC. The smallest absolute Gasteiger partial charge is 0.268 e. The topological polar surface area (TPSA) is 165 Å². The van der Waals surface area contributed by atoms with Crippen LogP contribution < -0.4 is 10.2 Å². The lowest BCUT2D eigenvalue weighted by molar-refractivity contribution is -0.870. The number of allylic oxidation sites excluding steroid dienone is 2. The summed E-state index contributed by atoms with van der Waals surface area (Å²) in [6.45, 7) is 4.31. The van der Waals surface area contributed by atoms with E-state index in [0.29, 0.717) is 30.3 Å². The van der Waals surface area contributed by atoms with Crippen molar-refractivity contribution in [1.29, 1.82) is 0 Å². The average molecular weight is 787 g/mol. The lowest BCUT2D eigenvalue weighted by Crippen LogP contribution is -2.45. The van der Waals surface area contributed by atoms with Gasteiger partial charge in [-0.25, -0.2) is 0 Å². The Morgan fingerprint density at radius 1 is 0.889 bits per heavy atom. The van der Waals surface area contributed by atoms with Crippen LogP contribution in [-0.4, -0.2) is 96.7 Å². The number of hydrogen-bond acceptors (Lipinski definition) is 9. The summed E-state index contributed by atoms with van der Waals surface area (Å²) in [5.41, 5.74) is 0. The van der Waals surface area contributed by atoms with E-state index in [1.54, 1.807) is 18.2 Å². The number of carbonyl (C=O) groups is 2. The van der Waals surface area contributed by atoms with Crippen molar-refractivity contribution < 1.29 is 47.9 Å². The molecule has 7 atom stereocenters. The number of hydrogen-bond donors (Lipinski definition) is 4. The zero-order valence-electron chi connectivity index (χ0n) is 34.6. The number of nitrogens with zero attached hydrogens (tertiary/aromatic N) is 1. The van der Waals surface area contributed by atoms with Crippen molar-refractivity contribution in [1.82, 2.24) is 5.32 Å². The fraction of sp³-hybridized carbons (Fsp3) is 0.857. The van der Waals surface area contributed by atoms with E-state index in [1.165, 1.54) is 51.4 Å². The molecule has 0 spiro atoms. The first-order valence-corrected chi connectivity index (χ1v) is 22.8. The molecule has 1 rings (SSSR count). The van der Waals surface area contributed by atoms with Crippen LogP contribution in [0.25, 0.3) is 0 Å². The number of Topliss-reactive ketones (excluding diaryl/α,β-unsaturated/α-hetero) is 1. The largest absolute Gasteiger partial charge is 0.756 e. The Hall–Kier alpha value is -1.43. The number of aliphatic hydroxyl groups excluding tert-OH is 3. The van der Waals surface area contributed by atoms with E-state index in [-0.39, 0.29) is 43.0 Å². The Morgan fingerprint density at radius 3 is 2.13 bits per heavy atom. The van der Waals surface area contributed by atoms with Crippen LogP contribution in [0, 0.1) is 11.8 Å². The van der Waals surface area contributed by atoms with Crippen LogP contribution >= 0.6 is 7.82 Å². The Bertz CT molecular complexity index is 1100. The normalized spacial score (nSPS) is 20.8. The van der Waals surface area contributed by atoms with Crippen LogP contribution in [0.3, 0.4) is 0 Å². The molecule has 1 aliphatic rings. The molecule has 11 nitrogen and oxygen atoms in total. The molecule has 0 aromatic heterocycles. The van der Waals surface area contributed by atoms with Gasteiger partial charge in [-0.1, -0.05) is 134 Å². The fourth-order valence-corrected chi connectivity index (χ4v) is 7.54.